The molecule has 1 saturated heterocycles. The number of aliphatic imine (C=N–C) groups is 1. The molecule has 204 valence electrons. The molecule has 2 heterocycles. The molecule has 0 unspecified atom stereocenters. The van der Waals surface area contributed by atoms with Gasteiger partial charge in [0.25, 0.3) is 5.91 Å². The lowest BCUT2D eigenvalue weighted by Gasteiger charge is -2.35. The monoisotopic (exact) mass is 541 g/mol. The zero-order valence-corrected chi connectivity index (χ0v) is 22.5. The van der Waals surface area contributed by atoms with E-state index in [4.69, 9.17) is 21.8 Å². The molecule has 2 amide bonds. The van der Waals surface area contributed by atoms with Gasteiger partial charge < -0.3 is 19.8 Å². The number of hydrazine groups is 2. The highest BCUT2D eigenvalue weighted by atomic mass is 32.1. The quantitative estimate of drug-likeness (QED) is 0.163. The van der Waals surface area contributed by atoms with Gasteiger partial charge in [0.2, 0.25) is 0 Å². The first kappa shape index (κ1) is 27.9. The van der Waals surface area contributed by atoms with Crippen LogP contribution >= 0.6 is 11.3 Å². The van der Waals surface area contributed by atoms with Crippen molar-refractivity contribution in [2.24, 2.45) is 16.7 Å². The Kier molecular flexibility index (Phi) is 9.23. The van der Waals surface area contributed by atoms with Crippen molar-refractivity contribution in [3.8, 4) is 10.4 Å². The fourth-order valence-corrected chi connectivity index (χ4v) is 5.82. The van der Waals surface area contributed by atoms with Crippen LogP contribution in [0.1, 0.15) is 48.2 Å². The minimum Gasteiger partial charge on any atom is -0.451 e. The lowest BCUT2D eigenvalue weighted by molar-refractivity contribution is -0.152. The largest absolute Gasteiger partial charge is 0.451 e. The molecule has 1 aromatic carbocycles. The van der Waals surface area contributed by atoms with Crippen molar-refractivity contribution in [3.63, 3.8) is 0 Å². The molecule has 6 N–H and O–H groups in total. The zero-order chi connectivity index (χ0) is 27.2. The van der Waals surface area contributed by atoms with Gasteiger partial charge in [-0.05, 0) is 55.9 Å². The van der Waals surface area contributed by atoms with Gasteiger partial charge in [0.1, 0.15) is 5.84 Å². The number of morpholine rings is 1. The molecule has 1 aliphatic carbocycles. The Bertz CT molecular complexity index is 1200. The zero-order valence-electron chi connectivity index (χ0n) is 21.7. The standard InChI is InChI=1S/C26H35N7O4S/c1-16(33(20-8-9-20)25(34)21-15-32(29)11-12-37-21)22-14-18(7-4-10-30-26(35)36-2)23(38-22)17-5-3-6-19(13-17)24(27)31-28/h3,5-6,10,13-14,16,20-21H,4,7-9,11-12,15,28-29H2,1-2H3,(H2,27,31)/b30-10+/t16-,21-/m1/s1. The Hall–Kier alpha value is -3.16. The third-order valence-electron chi connectivity index (χ3n) is 6.70. The Labute approximate surface area is 226 Å². The molecular weight excluding hydrogens is 506 g/mol. The Balaban J connectivity index is 1.64. The van der Waals surface area contributed by atoms with Crippen molar-refractivity contribution >= 4 is 35.4 Å². The number of ether oxygens (including phenoxy) is 2. The van der Waals surface area contributed by atoms with Crippen molar-refractivity contribution in [1.29, 1.82) is 5.41 Å². The minimum absolute atomic E-state index is 0.0265. The maximum atomic E-state index is 13.6. The molecular formula is C26H35N7O4S. The number of nitrogens with one attached hydrogen (secondary N) is 2. The highest BCUT2D eigenvalue weighted by Gasteiger charge is 2.41. The number of nitrogens with two attached hydrogens (primary N) is 2. The van der Waals surface area contributed by atoms with Crippen LogP contribution < -0.4 is 17.1 Å². The first-order chi connectivity index (χ1) is 18.3. The van der Waals surface area contributed by atoms with Crippen molar-refractivity contribution in [2.45, 2.75) is 50.8 Å². The SMILES string of the molecule is COC(=O)/N=C/CCc1cc([C@@H](C)N(C(=O)[C@H]2CN(N)CCO2)C2CC2)sc1-c1cccc(C(=N)NN)c1. The van der Waals surface area contributed by atoms with E-state index in [1.807, 2.05) is 29.2 Å². The topological polar surface area (TPSA) is 159 Å². The van der Waals surface area contributed by atoms with Gasteiger partial charge >= 0.3 is 6.09 Å². The summed E-state index contributed by atoms with van der Waals surface area (Å²) in [4.78, 5) is 32.8. The van der Waals surface area contributed by atoms with Crippen LogP contribution in [-0.4, -0.2) is 72.9 Å². The number of hydrogen-bond acceptors (Lipinski definition) is 9. The van der Waals surface area contributed by atoms with Crippen LogP contribution in [0, 0.1) is 5.41 Å². The number of thiophene rings is 1. The smallest absolute Gasteiger partial charge is 0.432 e. The minimum atomic E-state index is -0.634. The number of nitrogens with zero attached hydrogens (tertiary/aromatic N) is 3. The summed E-state index contributed by atoms with van der Waals surface area (Å²) in [6.45, 7) is 3.48. The first-order valence-electron chi connectivity index (χ1n) is 12.6. The molecule has 1 aliphatic heterocycles. The summed E-state index contributed by atoms with van der Waals surface area (Å²) in [5.74, 6) is 11.5. The third-order valence-corrected chi connectivity index (χ3v) is 8.09. The molecule has 4 rings (SSSR count). The number of methoxy groups -OCH3 is 1. The van der Waals surface area contributed by atoms with Crippen molar-refractivity contribution < 1.29 is 19.1 Å². The highest BCUT2D eigenvalue weighted by molar-refractivity contribution is 7.15. The summed E-state index contributed by atoms with van der Waals surface area (Å²) < 4.78 is 10.4. The van der Waals surface area contributed by atoms with E-state index in [9.17, 15) is 9.59 Å². The van der Waals surface area contributed by atoms with E-state index in [1.165, 1.54) is 7.11 Å². The molecule has 1 saturated carbocycles. The van der Waals surface area contributed by atoms with Crippen molar-refractivity contribution in [1.82, 2.24) is 15.3 Å². The first-order valence-corrected chi connectivity index (χ1v) is 13.5. The summed E-state index contributed by atoms with van der Waals surface area (Å²) in [5.41, 5.74) is 5.08. The van der Waals surface area contributed by atoms with E-state index in [-0.39, 0.29) is 23.8 Å². The second-order valence-corrected chi connectivity index (χ2v) is 10.5. The van der Waals surface area contributed by atoms with Crippen LogP contribution in [0.5, 0.6) is 0 Å². The van der Waals surface area contributed by atoms with Crippen LogP contribution in [0.4, 0.5) is 4.79 Å². The number of hydrogen-bond donors (Lipinski definition) is 4. The highest BCUT2D eigenvalue weighted by Crippen LogP contribution is 2.42. The fourth-order valence-electron chi connectivity index (χ4n) is 4.56. The number of amides is 2. The molecule has 2 aromatic rings. The average molecular weight is 542 g/mol. The molecule has 2 aliphatic rings. The van der Waals surface area contributed by atoms with Crippen LogP contribution in [0.25, 0.3) is 10.4 Å². The molecule has 11 nitrogen and oxygen atoms in total. The predicted molar refractivity (Wildman–Crippen MR) is 147 cm³/mol. The molecule has 0 spiro atoms. The number of aryl methyl sites for hydroxylation is 1. The van der Waals surface area contributed by atoms with E-state index < -0.39 is 12.2 Å². The van der Waals surface area contributed by atoms with Gasteiger partial charge in [0.15, 0.2) is 6.10 Å². The summed E-state index contributed by atoms with van der Waals surface area (Å²) in [6, 6.07) is 9.80. The molecule has 2 atom stereocenters. The molecule has 2 fully saturated rings. The van der Waals surface area contributed by atoms with E-state index in [0.717, 1.165) is 33.7 Å². The summed E-state index contributed by atoms with van der Waals surface area (Å²) in [7, 11) is 1.29. The van der Waals surface area contributed by atoms with Gasteiger partial charge in [-0.15, -0.1) is 11.3 Å². The van der Waals surface area contributed by atoms with Crippen molar-refractivity contribution in [2.75, 3.05) is 26.8 Å². The Morgan fingerprint density at radius 1 is 1.39 bits per heavy atom. The van der Waals surface area contributed by atoms with Gasteiger partial charge in [-0.25, -0.2) is 15.6 Å². The number of carbonyl (C=O) groups is 2. The van der Waals surface area contributed by atoms with Crippen LogP contribution in [0.3, 0.4) is 0 Å². The van der Waals surface area contributed by atoms with Gasteiger partial charge in [0.05, 0.1) is 19.8 Å². The van der Waals surface area contributed by atoms with Crippen molar-refractivity contribution in [3.05, 3.63) is 46.3 Å². The van der Waals surface area contributed by atoms with Crippen LogP contribution in [0.2, 0.25) is 0 Å². The van der Waals surface area contributed by atoms with E-state index >= 15 is 0 Å². The molecule has 0 bridgehead atoms. The summed E-state index contributed by atoms with van der Waals surface area (Å²) in [6.07, 6.45) is 3.48. The Morgan fingerprint density at radius 3 is 2.87 bits per heavy atom. The number of benzene rings is 1. The average Bonchev–Trinajstić information content (AvgIpc) is 3.67. The molecule has 38 heavy (non-hydrogen) atoms. The lowest BCUT2D eigenvalue weighted by atomic mass is 10.0. The summed E-state index contributed by atoms with van der Waals surface area (Å²) >= 11 is 1.63. The van der Waals surface area contributed by atoms with E-state index in [0.29, 0.717) is 38.1 Å². The van der Waals surface area contributed by atoms with Gasteiger partial charge in [-0.2, -0.15) is 4.99 Å². The second-order valence-electron chi connectivity index (χ2n) is 9.43. The predicted octanol–water partition coefficient (Wildman–Crippen LogP) is 2.60. The van der Waals surface area contributed by atoms with Gasteiger partial charge in [0, 0.05) is 40.7 Å². The number of carbonyl (C=O) groups excluding carboxylic acids is 2. The Morgan fingerprint density at radius 2 is 2.18 bits per heavy atom. The lowest BCUT2D eigenvalue weighted by Crippen LogP contribution is -2.53. The maximum Gasteiger partial charge on any atom is 0.432 e. The third kappa shape index (κ3) is 6.63. The molecule has 1 aromatic heterocycles. The van der Waals surface area contributed by atoms with Gasteiger partial charge in [-0.1, -0.05) is 18.2 Å². The van der Waals surface area contributed by atoms with E-state index in [2.05, 4.69) is 28.1 Å². The van der Waals surface area contributed by atoms with Gasteiger partial charge in [-0.3, -0.25) is 16.0 Å². The number of rotatable bonds is 9. The second kappa shape index (κ2) is 12.6. The fraction of sp³-hybridized carbons (Fsp3) is 0.462. The van der Waals surface area contributed by atoms with Crippen LogP contribution in [0.15, 0.2) is 35.3 Å². The normalized spacial score (nSPS) is 18.8. The number of amidine groups is 1. The molecule has 12 heteroatoms. The summed E-state index contributed by atoms with van der Waals surface area (Å²) in [5, 5.41) is 9.70. The maximum absolute atomic E-state index is 13.6. The van der Waals surface area contributed by atoms with E-state index in [1.54, 1.807) is 22.6 Å². The van der Waals surface area contributed by atoms with Crippen LogP contribution in [-0.2, 0) is 20.7 Å². The molecule has 0 radical (unpaired) electrons.